The number of benzene rings is 1. The Morgan fingerprint density at radius 2 is 2.28 bits per heavy atom. The van der Waals surface area contributed by atoms with Crippen LogP contribution in [-0.2, 0) is 4.79 Å². The Bertz CT molecular complexity index is 904. The second-order valence-electron chi connectivity index (χ2n) is 6.44. The number of pyridine rings is 1. The van der Waals surface area contributed by atoms with Crippen molar-refractivity contribution in [3.8, 4) is 11.6 Å². The molecule has 1 aromatic heterocycles. The number of rotatable bonds is 4. The van der Waals surface area contributed by atoms with Gasteiger partial charge >= 0.3 is 0 Å². The van der Waals surface area contributed by atoms with E-state index >= 15 is 0 Å². The van der Waals surface area contributed by atoms with Crippen molar-refractivity contribution in [2.75, 3.05) is 13.7 Å². The van der Waals surface area contributed by atoms with E-state index in [2.05, 4.69) is 15.1 Å². The Morgan fingerprint density at radius 3 is 2.96 bits per heavy atom. The molecule has 1 spiro atoms. The lowest BCUT2D eigenvalue weighted by atomic mass is 9.96. The molecule has 2 heterocycles. The average molecular weight is 341 g/mol. The third-order valence-corrected chi connectivity index (χ3v) is 5.11. The zero-order chi connectivity index (χ0) is 17.6. The summed E-state index contributed by atoms with van der Waals surface area (Å²) in [5.41, 5.74) is -0.205. The smallest absolute Gasteiger partial charge is 0.255 e. The van der Waals surface area contributed by atoms with Crippen molar-refractivity contribution in [2.45, 2.75) is 25.1 Å². The molecule has 2 fully saturated rings. The van der Waals surface area contributed by atoms with Crippen LogP contribution in [0.15, 0.2) is 24.4 Å². The van der Waals surface area contributed by atoms with Crippen LogP contribution in [0.5, 0.6) is 11.6 Å². The van der Waals surface area contributed by atoms with Crippen LogP contribution < -0.4 is 14.8 Å². The first-order valence-corrected chi connectivity index (χ1v) is 8.00. The SMILES string of the molecule is [C-]#[N+]c1cc2ccnc(OC[C@@H]3NC(=O)[C@H](F)C34CC4)c2cc1OC. The van der Waals surface area contributed by atoms with Crippen molar-refractivity contribution in [3.63, 3.8) is 0 Å². The molecule has 1 aromatic carbocycles. The van der Waals surface area contributed by atoms with Crippen LogP contribution >= 0.6 is 0 Å². The monoisotopic (exact) mass is 341 g/mol. The molecule has 6 nitrogen and oxygen atoms in total. The molecule has 2 aliphatic rings. The summed E-state index contributed by atoms with van der Waals surface area (Å²) in [5, 5.41) is 4.19. The van der Waals surface area contributed by atoms with Crippen LogP contribution in [0, 0.1) is 12.0 Å². The molecule has 7 heteroatoms. The quantitative estimate of drug-likeness (QED) is 0.869. The molecule has 25 heavy (non-hydrogen) atoms. The van der Waals surface area contributed by atoms with Gasteiger partial charge in [-0.25, -0.2) is 14.2 Å². The van der Waals surface area contributed by atoms with Crippen molar-refractivity contribution in [1.29, 1.82) is 0 Å². The lowest BCUT2D eigenvalue weighted by Crippen LogP contribution is -2.36. The van der Waals surface area contributed by atoms with Gasteiger partial charge in [-0.3, -0.25) is 4.79 Å². The van der Waals surface area contributed by atoms with Crippen molar-refractivity contribution < 1.29 is 18.7 Å². The van der Waals surface area contributed by atoms with Gasteiger partial charge in [0.2, 0.25) is 11.6 Å². The van der Waals surface area contributed by atoms with Crippen LogP contribution in [0.2, 0.25) is 0 Å². The third kappa shape index (κ3) is 2.37. The first-order chi connectivity index (χ1) is 12.1. The number of hydrogen-bond donors (Lipinski definition) is 1. The number of nitrogens with one attached hydrogen (secondary N) is 1. The van der Waals surface area contributed by atoms with E-state index < -0.39 is 17.5 Å². The van der Waals surface area contributed by atoms with Crippen LogP contribution in [0.4, 0.5) is 10.1 Å². The highest BCUT2D eigenvalue weighted by atomic mass is 19.1. The van der Waals surface area contributed by atoms with Crippen LogP contribution in [0.1, 0.15) is 12.8 Å². The second-order valence-corrected chi connectivity index (χ2v) is 6.44. The lowest BCUT2D eigenvalue weighted by Gasteiger charge is -2.19. The Morgan fingerprint density at radius 1 is 1.48 bits per heavy atom. The van der Waals surface area contributed by atoms with Crippen LogP contribution in [0.3, 0.4) is 0 Å². The number of hydrogen-bond acceptors (Lipinski definition) is 4. The number of nitrogens with zero attached hydrogens (tertiary/aromatic N) is 2. The topological polar surface area (TPSA) is 64.8 Å². The fraction of sp³-hybridized carbons (Fsp3) is 0.389. The summed E-state index contributed by atoms with van der Waals surface area (Å²) >= 11 is 0. The first-order valence-electron chi connectivity index (χ1n) is 8.00. The molecule has 2 atom stereocenters. The van der Waals surface area contributed by atoms with Crippen molar-refractivity contribution in [2.24, 2.45) is 5.41 Å². The van der Waals surface area contributed by atoms with E-state index in [-0.39, 0.29) is 12.6 Å². The number of ether oxygens (including phenoxy) is 2. The highest BCUT2D eigenvalue weighted by Gasteiger charge is 2.63. The van der Waals surface area contributed by atoms with E-state index in [4.69, 9.17) is 16.0 Å². The molecule has 1 aliphatic carbocycles. The van der Waals surface area contributed by atoms with Gasteiger partial charge in [0.1, 0.15) is 12.4 Å². The molecule has 1 N–H and O–H groups in total. The number of methoxy groups -OCH3 is 1. The van der Waals surface area contributed by atoms with Gasteiger partial charge in [-0.2, -0.15) is 0 Å². The van der Waals surface area contributed by atoms with E-state index in [1.807, 2.05) is 0 Å². The minimum Gasteiger partial charge on any atom is -0.508 e. The molecule has 1 aliphatic heterocycles. The lowest BCUT2D eigenvalue weighted by molar-refractivity contribution is -0.124. The number of aromatic nitrogens is 1. The van der Waals surface area contributed by atoms with E-state index in [9.17, 15) is 9.18 Å². The zero-order valence-electron chi connectivity index (χ0n) is 13.6. The molecule has 1 amide bonds. The van der Waals surface area contributed by atoms with Gasteiger partial charge in [0, 0.05) is 17.0 Å². The minimum atomic E-state index is -1.46. The number of carbonyl (C=O) groups is 1. The van der Waals surface area contributed by atoms with Gasteiger partial charge in [-0.15, -0.1) is 0 Å². The fourth-order valence-corrected chi connectivity index (χ4v) is 3.47. The number of fused-ring (bicyclic) bond motifs is 1. The van der Waals surface area contributed by atoms with Crippen LogP contribution in [-0.4, -0.2) is 36.8 Å². The van der Waals surface area contributed by atoms with Crippen molar-refractivity contribution in [3.05, 3.63) is 35.8 Å². The number of alkyl halides is 1. The first kappa shape index (κ1) is 15.6. The van der Waals surface area contributed by atoms with Gasteiger partial charge in [-0.1, -0.05) is 0 Å². The van der Waals surface area contributed by atoms with E-state index in [1.54, 1.807) is 24.4 Å². The van der Waals surface area contributed by atoms with Gasteiger partial charge in [0.25, 0.3) is 5.91 Å². The van der Waals surface area contributed by atoms with Crippen LogP contribution in [0.25, 0.3) is 15.6 Å². The molecule has 1 saturated heterocycles. The molecule has 0 radical (unpaired) electrons. The van der Waals surface area contributed by atoms with E-state index in [1.165, 1.54) is 7.11 Å². The van der Waals surface area contributed by atoms with Gasteiger partial charge in [-0.05, 0) is 36.4 Å². The molecule has 128 valence electrons. The predicted octanol–water partition coefficient (Wildman–Crippen LogP) is 2.79. The molecule has 2 aromatic rings. The summed E-state index contributed by atoms with van der Waals surface area (Å²) in [4.78, 5) is 19.3. The number of carbonyl (C=O) groups excluding carboxylic acids is 1. The molecule has 0 unspecified atom stereocenters. The summed E-state index contributed by atoms with van der Waals surface area (Å²) in [6.45, 7) is 7.38. The maximum Gasteiger partial charge on any atom is 0.255 e. The Labute approximate surface area is 143 Å². The largest absolute Gasteiger partial charge is 0.508 e. The molecular formula is C18H16FN3O3. The average Bonchev–Trinajstić information content (AvgIpc) is 3.40. The maximum atomic E-state index is 14.0. The summed E-state index contributed by atoms with van der Waals surface area (Å²) < 4.78 is 25.1. The third-order valence-electron chi connectivity index (χ3n) is 5.11. The summed E-state index contributed by atoms with van der Waals surface area (Å²) in [7, 11) is 1.50. The number of amides is 1. The van der Waals surface area contributed by atoms with Gasteiger partial charge < -0.3 is 14.8 Å². The molecule has 0 bridgehead atoms. The summed E-state index contributed by atoms with van der Waals surface area (Å²) in [6.07, 6.45) is 1.51. The highest BCUT2D eigenvalue weighted by Crippen LogP contribution is 2.55. The Balaban J connectivity index is 1.62. The zero-order valence-corrected chi connectivity index (χ0v) is 13.6. The molecular weight excluding hydrogens is 325 g/mol. The maximum absolute atomic E-state index is 14.0. The van der Waals surface area contributed by atoms with E-state index in [0.29, 0.717) is 35.5 Å². The molecule has 4 rings (SSSR count). The van der Waals surface area contributed by atoms with Crippen molar-refractivity contribution >= 4 is 22.4 Å². The normalized spacial score (nSPS) is 23.3. The molecule has 1 saturated carbocycles. The summed E-state index contributed by atoms with van der Waals surface area (Å²) in [5.74, 6) is 0.261. The van der Waals surface area contributed by atoms with Gasteiger partial charge in [0.15, 0.2) is 6.17 Å². The standard InChI is InChI=1S/C18H16FN3O3/c1-20-12-7-10-3-6-21-17(11(10)8-13(12)24-2)25-9-14-18(4-5-18)15(19)16(23)22-14/h3,6-8,14-15H,4-5,9H2,2H3,(H,22,23)/t14-,15-/m0/s1. The summed E-state index contributed by atoms with van der Waals surface area (Å²) in [6, 6.07) is 4.86. The number of halogens is 1. The van der Waals surface area contributed by atoms with Crippen molar-refractivity contribution in [1.82, 2.24) is 10.3 Å². The highest BCUT2D eigenvalue weighted by molar-refractivity contribution is 5.92. The minimum absolute atomic E-state index is 0.158. The fourth-order valence-electron chi connectivity index (χ4n) is 3.47. The van der Waals surface area contributed by atoms with E-state index in [0.717, 1.165) is 5.39 Å². The Kier molecular flexibility index (Phi) is 3.49. The predicted molar refractivity (Wildman–Crippen MR) is 88.5 cm³/mol. The van der Waals surface area contributed by atoms with Gasteiger partial charge in [0.05, 0.1) is 19.7 Å². The Hall–Kier alpha value is -2.88. The second kappa shape index (κ2) is 5.59.